The molecular weight excluding hydrogens is 194 g/mol. The minimum absolute atomic E-state index is 0.0259. The number of oxazole rings is 1. The Morgan fingerprint density at radius 3 is 2.80 bits per heavy atom. The highest BCUT2D eigenvalue weighted by Crippen LogP contribution is 1.98. The zero-order valence-electron chi connectivity index (χ0n) is 9.33. The number of rotatable bonds is 4. The molecule has 0 spiro atoms. The van der Waals surface area contributed by atoms with Crippen molar-refractivity contribution in [2.45, 2.75) is 32.9 Å². The summed E-state index contributed by atoms with van der Waals surface area (Å²) in [5, 5.41) is 5.82. The van der Waals surface area contributed by atoms with Crippen molar-refractivity contribution in [2.75, 3.05) is 6.54 Å². The van der Waals surface area contributed by atoms with Crippen molar-refractivity contribution < 1.29 is 9.21 Å². The van der Waals surface area contributed by atoms with Crippen LogP contribution in [0.15, 0.2) is 17.0 Å². The van der Waals surface area contributed by atoms with Crippen LogP contribution >= 0.6 is 0 Å². The van der Waals surface area contributed by atoms with E-state index in [-0.39, 0.29) is 18.0 Å². The van der Waals surface area contributed by atoms with Crippen LogP contribution in [0.1, 0.15) is 26.5 Å². The first kappa shape index (κ1) is 11.7. The second-order valence-corrected chi connectivity index (χ2v) is 4.37. The molecule has 0 aromatic carbocycles. The molecule has 84 valence electrons. The van der Waals surface area contributed by atoms with Gasteiger partial charge in [-0.3, -0.25) is 4.79 Å². The summed E-state index contributed by atoms with van der Waals surface area (Å²) in [5.74, 6) is 0.695. The number of hydrogen-bond donors (Lipinski definition) is 2. The van der Waals surface area contributed by atoms with Gasteiger partial charge in [-0.25, -0.2) is 4.98 Å². The lowest BCUT2D eigenvalue weighted by molar-refractivity contribution is -0.121. The number of aromatic nitrogens is 1. The van der Waals surface area contributed by atoms with Crippen molar-refractivity contribution >= 4 is 5.91 Å². The van der Waals surface area contributed by atoms with Crippen LogP contribution in [-0.4, -0.2) is 23.0 Å². The Morgan fingerprint density at radius 2 is 2.27 bits per heavy atom. The van der Waals surface area contributed by atoms with Gasteiger partial charge in [-0.05, 0) is 20.8 Å². The van der Waals surface area contributed by atoms with Crippen molar-refractivity contribution in [3.8, 4) is 0 Å². The monoisotopic (exact) mass is 211 g/mol. The number of hydrogen-bond acceptors (Lipinski definition) is 4. The number of carbonyl (C=O) groups excluding carboxylic acids is 1. The van der Waals surface area contributed by atoms with Crippen LogP contribution in [0.3, 0.4) is 0 Å². The zero-order valence-corrected chi connectivity index (χ0v) is 9.33. The molecule has 1 heterocycles. The van der Waals surface area contributed by atoms with E-state index in [1.54, 1.807) is 6.20 Å². The van der Waals surface area contributed by atoms with Gasteiger partial charge in [-0.2, -0.15) is 0 Å². The Hall–Kier alpha value is -1.36. The third-order valence-corrected chi connectivity index (χ3v) is 1.58. The molecule has 1 aromatic heterocycles. The predicted molar refractivity (Wildman–Crippen MR) is 56.1 cm³/mol. The van der Waals surface area contributed by atoms with Crippen LogP contribution < -0.4 is 10.6 Å². The summed E-state index contributed by atoms with van der Waals surface area (Å²) in [6.07, 6.45) is 2.99. The summed E-state index contributed by atoms with van der Waals surface area (Å²) < 4.78 is 5.01. The molecule has 0 fully saturated rings. The molecule has 0 bridgehead atoms. The van der Waals surface area contributed by atoms with Crippen LogP contribution in [0.4, 0.5) is 0 Å². The first-order valence-corrected chi connectivity index (χ1v) is 4.86. The van der Waals surface area contributed by atoms with Crippen LogP contribution in [-0.2, 0) is 11.3 Å². The van der Waals surface area contributed by atoms with E-state index in [4.69, 9.17) is 4.42 Å². The van der Waals surface area contributed by atoms with E-state index in [1.807, 2.05) is 20.8 Å². The number of amides is 1. The van der Waals surface area contributed by atoms with Gasteiger partial charge in [0.1, 0.15) is 5.76 Å². The maximum absolute atomic E-state index is 11.4. The highest BCUT2D eigenvalue weighted by Gasteiger charge is 2.12. The molecule has 0 atom stereocenters. The largest absolute Gasteiger partial charge is 0.447 e. The summed E-state index contributed by atoms with van der Waals surface area (Å²) in [4.78, 5) is 15.1. The molecule has 1 amide bonds. The molecule has 1 rings (SSSR count). The third kappa shape index (κ3) is 5.17. The van der Waals surface area contributed by atoms with Crippen LogP contribution in [0.25, 0.3) is 0 Å². The van der Waals surface area contributed by atoms with Crippen LogP contribution in [0, 0.1) is 0 Å². The lowest BCUT2D eigenvalue weighted by Gasteiger charge is -2.20. The molecule has 0 aliphatic rings. The van der Waals surface area contributed by atoms with Gasteiger partial charge in [0.05, 0.1) is 19.3 Å². The average molecular weight is 211 g/mol. The van der Waals surface area contributed by atoms with E-state index in [0.29, 0.717) is 6.54 Å². The maximum atomic E-state index is 11.4. The summed E-state index contributed by atoms with van der Waals surface area (Å²) in [6, 6.07) is 0. The molecular formula is C10H17N3O2. The van der Waals surface area contributed by atoms with Gasteiger partial charge < -0.3 is 15.1 Å². The molecule has 5 nitrogen and oxygen atoms in total. The first-order valence-electron chi connectivity index (χ1n) is 4.86. The number of nitrogens with zero attached hydrogens (tertiary/aromatic N) is 1. The summed E-state index contributed by atoms with van der Waals surface area (Å²) in [7, 11) is 0. The van der Waals surface area contributed by atoms with Gasteiger partial charge in [0.2, 0.25) is 5.91 Å². The van der Waals surface area contributed by atoms with Crippen LogP contribution in [0.2, 0.25) is 0 Å². The van der Waals surface area contributed by atoms with Gasteiger partial charge in [0, 0.05) is 5.54 Å². The Kier molecular flexibility index (Phi) is 3.85. The van der Waals surface area contributed by atoms with Gasteiger partial charge in [0.15, 0.2) is 6.39 Å². The molecule has 0 saturated carbocycles. The first-order chi connectivity index (χ1) is 6.97. The molecule has 0 radical (unpaired) electrons. The lowest BCUT2D eigenvalue weighted by Crippen LogP contribution is -2.44. The maximum Gasteiger partial charge on any atom is 0.234 e. The van der Waals surface area contributed by atoms with Crippen molar-refractivity contribution in [3.05, 3.63) is 18.4 Å². The second kappa shape index (κ2) is 4.93. The normalized spacial score (nSPS) is 11.4. The van der Waals surface area contributed by atoms with E-state index >= 15 is 0 Å². The van der Waals surface area contributed by atoms with E-state index in [9.17, 15) is 4.79 Å². The molecule has 0 saturated heterocycles. The van der Waals surface area contributed by atoms with Crippen LogP contribution in [0.5, 0.6) is 0 Å². The smallest absolute Gasteiger partial charge is 0.234 e. The molecule has 2 N–H and O–H groups in total. The molecule has 15 heavy (non-hydrogen) atoms. The molecule has 0 unspecified atom stereocenters. The van der Waals surface area contributed by atoms with Gasteiger partial charge in [0.25, 0.3) is 0 Å². The summed E-state index contributed by atoms with van der Waals surface area (Å²) in [6.45, 7) is 6.62. The zero-order chi connectivity index (χ0) is 11.3. The summed E-state index contributed by atoms with van der Waals surface area (Å²) >= 11 is 0. The topological polar surface area (TPSA) is 67.2 Å². The molecule has 0 aliphatic carbocycles. The van der Waals surface area contributed by atoms with Crippen molar-refractivity contribution in [2.24, 2.45) is 0 Å². The summed E-state index contributed by atoms with van der Waals surface area (Å²) in [5.41, 5.74) is -0.189. The minimum atomic E-state index is -0.189. The fourth-order valence-corrected chi connectivity index (χ4v) is 1.09. The minimum Gasteiger partial charge on any atom is -0.447 e. The standard InChI is InChI=1S/C10H17N3O2/c1-10(2,3)13-9(14)6-11-4-8-5-12-7-15-8/h5,7,11H,4,6H2,1-3H3,(H,13,14). The van der Waals surface area contributed by atoms with E-state index in [1.165, 1.54) is 6.39 Å². The third-order valence-electron chi connectivity index (χ3n) is 1.58. The van der Waals surface area contributed by atoms with Gasteiger partial charge in [-0.1, -0.05) is 0 Å². The molecule has 1 aromatic rings. The predicted octanol–water partition coefficient (Wildman–Crippen LogP) is 0.679. The van der Waals surface area contributed by atoms with Gasteiger partial charge >= 0.3 is 0 Å². The van der Waals surface area contributed by atoms with Crippen molar-refractivity contribution in [1.82, 2.24) is 15.6 Å². The average Bonchev–Trinajstić information content (AvgIpc) is 2.53. The van der Waals surface area contributed by atoms with Gasteiger partial charge in [-0.15, -0.1) is 0 Å². The highest BCUT2D eigenvalue weighted by molar-refractivity contribution is 5.78. The quantitative estimate of drug-likeness (QED) is 0.768. The Labute approximate surface area is 89.3 Å². The molecule has 5 heteroatoms. The van der Waals surface area contributed by atoms with E-state index < -0.39 is 0 Å². The van der Waals surface area contributed by atoms with E-state index in [0.717, 1.165) is 5.76 Å². The number of carbonyl (C=O) groups is 1. The SMILES string of the molecule is CC(C)(C)NC(=O)CNCc1cnco1. The highest BCUT2D eigenvalue weighted by atomic mass is 16.3. The fourth-order valence-electron chi connectivity index (χ4n) is 1.09. The molecule has 0 aliphatic heterocycles. The second-order valence-electron chi connectivity index (χ2n) is 4.37. The lowest BCUT2D eigenvalue weighted by atomic mass is 10.1. The number of nitrogens with one attached hydrogen (secondary N) is 2. The fraction of sp³-hybridized carbons (Fsp3) is 0.600. The van der Waals surface area contributed by atoms with E-state index in [2.05, 4.69) is 15.6 Å². The van der Waals surface area contributed by atoms with Crippen molar-refractivity contribution in [1.29, 1.82) is 0 Å². The van der Waals surface area contributed by atoms with Crippen molar-refractivity contribution in [3.63, 3.8) is 0 Å². The Morgan fingerprint density at radius 1 is 1.53 bits per heavy atom. The Bertz CT molecular complexity index is 301. The Balaban J connectivity index is 2.18.